The van der Waals surface area contributed by atoms with Crippen LogP contribution in [0, 0.1) is 18.3 Å². The van der Waals surface area contributed by atoms with Gasteiger partial charge in [0.1, 0.15) is 17.1 Å². The second-order valence-electron chi connectivity index (χ2n) is 5.39. The molecule has 1 aromatic carbocycles. The fraction of sp³-hybridized carbons (Fsp3) is 0.294. The van der Waals surface area contributed by atoms with Crippen molar-refractivity contribution in [2.75, 3.05) is 12.3 Å². The van der Waals surface area contributed by atoms with Crippen molar-refractivity contribution in [2.45, 2.75) is 24.3 Å². The van der Waals surface area contributed by atoms with Crippen LogP contribution in [0.2, 0.25) is 0 Å². The number of thioether (sulfide) groups is 1. The predicted octanol–water partition coefficient (Wildman–Crippen LogP) is 2.58. The Labute approximate surface area is 139 Å². The minimum Gasteiger partial charge on any atom is -0.463 e. The van der Waals surface area contributed by atoms with Crippen molar-refractivity contribution in [2.24, 2.45) is 0 Å². The topological polar surface area (TPSA) is 86.3 Å². The first-order valence-electron chi connectivity index (χ1n) is 7.10. The lowest BCUT2D eigenvalue weighted by molar-refractivity contribution is -0.119. The van der Waals surface area contributed by atoms with Gasteiger partial charge in [0.25, 0.3) is 0 Å². The van der Waals surface area contributed by atoms with Crippen LogP contribution in [-0.2, 0) is 10.4 Å². The Morgan fingerprint density at radius 1 is 1.35 bits per heavy atom. The number of aryl methyl sites for hydroxylation is 1. The molecule has 23 heavy (non-hydrogen) atoms. The van der Waals surface area contributed by atoms with Crippen molar-refractivity contribution < 1.29 is 14.3 Å². The maximum atomic E-state index is 11.9. The van der Waals surface area contributed by atoms with Crippen molar-refractivity contribution in [3.63, 3.8) is 0 Å². The lowest BCUT2D eigenvalue weighted by Crippen LogP contribution is -2.39. The van der Waals surface area contributed by atoms with Crippen LogP contribution in [0.15, 0.2) is 45.7 Å². The molecule has 0 radical (unpaired) electrons. The molecule has 5 nitrogen and oxygen atoms in total. The number of benzene rings is 1. The molecule has 0 bridgehead atoms. The van der Waals surface area contributed by atoms with Gasteiger partial charge in [0.2, 0.25) is 5.91 Å². The zero-order valence-corrected chi connectivity index (χ0v) is 13.8. The van der Waals surface area contributed by atoms with E-state index in [9.17, 15) is 9.90 Å². The molecule has 0 aliphatic carbocycles. The molecule has 6 heteroatoms. The maximum Gasteiger partial charge on any atom is 0.230 e. The lowest BCUT2D eigenvalue weighted by Gasteiger charge is -2.21. The van der Waals surface area contributed by atoms with Gasteiger partial charge in [-0.25, -0.2) is 0 Å². The largest absolute Gasteiger partial charge is 0.463 e. The SMILES string of the molecule is Cc1ccc(C(C)(O)CNC(=O)CSc2ccc(C#N)cc2)o1. The number of rotatable bonds is 6. The van der Waals surface area contributed by atoms with E-state index in [1.54, 1.807) is 50.2 Å². The standard InChI is InChI=1S/C17H18N2O3S/c1-12-3-8-15(22-12)17(2,21)11-19-16(20)10-23-14-6-4-13(9-18)5-7-14/h3-8,21H,10-11H2,1-2H3,(H,19,20). The molecule has 120 valence electrons. The van der Waals surface area contributed by atoms with E-state index in [0.717, 1.165) is 4.90 Å². The van der Waals surface area contributed by atoms with Gasteiger partial charge in [-0.15, -0.1) is 11.8 Å². The van der Waals surface area contributed by atoms with Gasteiger partial charge < -0.3 is 14.8 Å². The molecule has 0 aliphatic heterocycles. The van der Waals surface area contributed by atoms with Crippen LogP contribution in [0.1, 0.15) is 24.0 Å². The zero-order chi connectivity index (χ0) is 16.9. The molecule has 1 amide bonds. The summed E-state index contributed by atoms with van der Waals surface area (Å²) in [7, 11) is 0. The van der Waals surface area contributed by atoms with Crippen LogP contribution in [0.25, 0.3) is 0 Å². The van der Waals surface area contributed by atoms with E-state index in [2.05, 4.69) is 5.32 Å². The Kier molecular flexibility index (Phi) is 5.48. The fourth-order valence-electron chi connectivity index (χ4n) is 1.91. The first-order chi connectivity index (χ1) is 10.9. The fourth-order valence-corrected chi connectivity index (χ4v) is 2.64. The minimum atomic E-state index is -1.25. The number of furan rings is 1. The van der Waals surface area contributed by atoms with E-state index in [-0.39, 0.29) is 18.2 Å². The molecule has 2 rings (SSSR count). The lowest BCUT2D eigenvalue weighted by atomic mass is 10.0. The summed E-state index contributed by atoms with van der Waals surface area (Å²) in [6.07, 6.45) is 0. The van der Waals surface area contributed by atoms with Gasteiger partial charge in [0, 0.05) is 4.90 Å². The molecule has 1 heterocycles. The summed E-state index contributed by atoms with van der Waals surface area (Å²) < 4.78 is 5.40. The van der Waals surface area contributed by atoms with Gasteiger partial charge in [-0.05, 0) is 50.2 Å². The summed E-state index contributed by atoms with van der Waals surface area (Å²) in [6, 6.07) is 12.6. The van der Waals surface area contributed by atoms with Gasteiger partial charge in [0.05, 0.1) is 23.9 Å². The van der Waals surface area contributed by atoms with Crippen LogP contribution in [0.3, 0.4) is 0 Å². The molecule has 0 saturated heterocycles. The minimum absolute atomic E-state index is 0.0761. The van der Waals surface area contributed by atoms with Gasteiger partial charge >= 0.3 is 0 Å². The van der Waals surface area contributed by atoms with E-state index < -0.39 is 5.60 Å². The number of nitrogens with one attached hydrogen (secondary N) is 1. The van der Waals surface area contributed by atoms with Gasteiger partial charge in [-0.1, -0.05) is 0 Å². The van der Waals surface area contributed by atoms with Crippen molar-refractivity contribution in [3.05, 3.63) is 53.5 Å². The second-order valence-corrected chi connectivity index (χ2v) is 6.43. The van der Waals surface area contributed by atoms with Gasteiger partial charge in [0.15, 0.2) is 0 Å². The number of hydrogen-bond donors (Lipinski definition) is 2. The Hall–Kier alpha value is -2.23. The molecule has 1 aromatic heterocycles. The highest BCUT2D eigenvalue weighted by molar-refractivity contribution is 8.00. The van der Waals surface area contributed by atoms with E-state index in [0.29, 0.717) is 17.1 Å². The van der Waals surface area contributed by atoms with E-state index >= 15 is 0 Å². The van der Waals surface area contributed by atoms with Crippen LogP contribution < -0.4 is 5.32 Å². The normalized spacial score (nSPS) is 13.1. The zero-order valence-electron chi connectivity index (χ0n) is 13.0. The summed E-state index contributed by atoms with van der Waals surface area (Å²) in [5.74, 6) is 1.19. The summed E-state index contributed by atoms with van der Waals surface area (Å²) in [6.45, 7) is 3.47. The molecule has 0 aliphatic rings. The Morgan fingerprint density at radius 3 is 2.61 bits per heavy atom. The van der Waals surface area contributed by atoms with Crippen molar-refractivity contribution in [3.8, 4) is 6.07 Å². The third-order valence-electron chi connectivity index (χ3n) is 3.25. The average molecular weight is 330 g/mol. The molecule has 1 atom stereocenters. The van der Waals surface area contributed by atoms with Gasteiger partial charge in [-0.3, -0.25) is 4.79 Å². The molecule has 0 spiro atoms. The molecule has 0 fully saturated rings. The van der Waals surface area contributed by atoms with Crippen LogP contribution in [-0.4, -0.2) is 23.3 Å². The number of nitrogens with zero attached hydrogens (tertiary/aromatic N) is 1. The molecular formula is C17H18N2O3S. The van der Waals surface area contributed by atoms with Crippen LogP contribution in [0.5, 0.6) is 0 Å². The summed E-state index contributed by atoms with van der Waals surface area (Å²) in [5, 5.41) is 21.8. The highest BCUT2D eigenvalue weighted by atomic mass is 32.2. The van der Waals surface area contributed by atoms with Crippen LogP contribution >= 0.6 is 11.8 Å². The quantitative estimate of drug-likeness (QED) is 0.795. The third-order valence-corrected chi connectivity index (χ3v) is 4.27. The van der Waals surface area contributed by atoms with Gasteiger partial charge in [-0.2, -0.15) is 5.26 Å². The maximum absolute atomic E-state index is 11.9. The highest BCUT2D eigenvalue weighted by Crippen LogP contribution is 2.22. The number of nitriles is 1. The summed E-state index contributed by atoms with van der Waals surface area (Å²) in [5.41, 5.74) is -0.660. The van der Waals surface area contributed by atoms with E-state index in [1.165, 1.54) is 11.8 Å². The van der Waals surface area contributed by atoms with Crippen molar-refractivity contribution in [1.29, 1.82) is 5.26 Å². The van der Waals surface area contributed by atoms with Crippen LogP contribution in [0.4, 0.5) is 0 Å². The average Bonchev–Trinajstić information content (AvgIpc) is 2.99. The summed E-state index contributed by atoms with van der Waals surface area (Å²) in [4.78, 5) is 12.8. The highest BCUT2D eigenvalue weighted by Gasteiger charge is 2.27. The van der Waals surface area contributed by atoms with Crippen molar-refractivity contribution >= 4 is 17.7 Å². The third kappa shape index (κ3) is 4.88. The Bertz CT molecular complexity index is 714. The molecule has 0 saturated carbocycles. The molecular weight excluding hydrogens is 312 g/mol. The van der Waals surface area contributed by atoms with E-state index in [4.69, 9.17) is 9.68 Å². The Morgan fingerprint density at radius 2 is 2.04 bits per heavy atom. The number of carbonyl (C=O) groups is 1. The van der Waals surface area contributed by atoms with Crippen molar-refractivity contribution in [1.82, 2.24) is 5.32 Å². The number of hydrogen-bond acceptors (Lipinski definition) is 5. The second kappa shape index (κ2) is 7.36. The first kappa shape index (κ1) is 17.1. The first-order valence-corrected chi connectivity index (χ1v) is 8.08. The molecule has 1 unspecified atom stereocenters. The Balaban J connectivity index is 1.81. The van der Waals surface area contributed by atoms with E-state index in [1.807, 2.05) is 6.07 Å². The molecule has 2 N–H and O–H groups in total. The predicted molar refractivity (Wildman–Crippen MR) is 87.9 cm³/mol. The number of aliphatic hydroxyl groups is 1. The molecule has 2 aromatic rings. The number of carbonyl (C=O) groups excluding carboxylic acids is 1. The number of amides is 1. The monoisotopic (exact) mass is 330 g/mol. The smallest absolute Gasteiger partial charge is 0.230 e. The summed E-state index contributed by atoms with van der Waals surface area (Å²) >= 11 is 1.37.